The van der Waals surface area contributed by atoms with E-state index in [1.807, 2.05) is 30.3 Å². The van der Waals surface area contributed by atoms with Gasteiger partial charge in [-0.2, -0.15) is 9.40 Å². The van der Waals surface area contributed by atoms with Crippen molar-refractivity contribution in [1.29, 1.82) is 0 Å². The lowest BCUT2D eigenvalue weighted by Gasteiger charge is -2.21. The summed E-state index contributed by atoms with van der Waals surface area (Å²) in [6.07, 6.45) is 0.649. The fraction of sp³-hybridized carbons (Fsp3) is 0.400. The van der Waals surface area contributed by atoms with E-state index in [2.05, 4.69) is 10.2 Å². The third-order valence-corrected chi connectivity index (χ3v) is 5.69. The van der Waals surface area contributed by atoms with Gasteiger partial charge in [-0.3, -0.25) is 5.10 Å². The molecule has 1 heterocycles. The van der Waals surface area contributed by atoms with Crippen LogP contribution in [0.25, 0.3) is 0 Å². The first-order chi connectivity index (χ1) is 10.5. The standard InChI is InChI=1S/C15H22N4O2S.ClH/c1-12-15(13(2)18-17-12)22(20,21)19(11-9-16)10-8-14-6-4-3-5-7-14;/h3-7H,8-11,16H2,1-2H3,(H,17,18);1H. The number of hydrogen-bond acceptors (Lipinski definition) is 4. The first-order valence-electron chi connectivity index (χ1n) is 7.22. The molecular formula is C15H23ClN4O2S. The highest BCUT2D eigenvalue weighted by molar-refractivity contribution is 7.89. The molecule has 0 aliphatic carbocycles. The Labute approximate surface area is 143 Å². The molecule has 1 aromatic carbocycles. The van der Waals surface area contributed by atoms with Crippen molar-refractivity contribution in [3.63, 3.8) is 0 Å². The number of hydrogen-bond donors (Lipinski definition) is 2. The van der Waals surface area contributed by atoms with E-state index in [1.54, 1.807) is 13.8 Å². The number of H-pyrrole nitrogens is 1. The summed E-state index contributed by atoms with van der Waals surface area (Å²) in [6, 6.07) is 9.81. The number of nitrogens with two attached hydrogens (primary N) is 1. The summed E-state index contributed by atoms with van der Waals surface area (Å²) in [6.45, 7) is 4.37. The number of aromatic amines is 1. The van der Waals surface area contributed by atoms with Crippen LogP contribution < -0.4 is 5.73 Å². The molecule has 2 rings (SSSR count). The SMILES string of the molecule is Cc1n[nH]c(C)c1S(=O)(=O)N(CCN)CCc1ccccc1.Cl. The van der Waals surface area contributed by atoms with Crippen molar-refractivity contribution in [3.8, 4) is 0 Å². The van der Waals surface area contributed by atoms with Crippen molar-refractivity contribution >= 4 is 22.4 Å². The molecule has 8 heteroatoms. The Kier molecular flexibility index (Phi) is 7.21. The Hall–Kier alpha value is -1.41. The third-order valence-electron chi connectivity index (χ3n) is 3.53. The highest BCUT2D eigenvalue weighted by atomic mass is 35.5. The van der Waals surface area contributed by atoms with Crippen LogP contribution in [-0.4, -0.2) is 42.6 Å². The van der Waals surface area contributed by atoms with Crippen molar-refractivity contribution in [3.05, 3.63) is 47.3 Å². The molecule has 0 saturated carbocycles. The Bertz CT molecular complexity index is 697. The van der Waals surface area contributed by atoms with Gasteiger partial charge in [-0.05, 0) is 25.8 Å². The van der Waals surface area contributed by atoms with Crippen LogP contribution in [0.4, 0.5) is 0 Å². The van der Waals surface area contributed by atoms with Gasteiger partial charge < -0.3 is 5.73 Å². The summed E-state index contributed by atoms with van der Waals surface area (Å²) in [5.41, 5.74) is 7.73. The summed E-state index contributed by atoms with van der Waals surface area (Å²) in [7, 11) is -3.59. The maximum atomic E-state index is 12.9. The second kappa shape index (κ2) is 8.44. The van der Waals surface area contributed by atoms with Crippen molar-refractivity contribution < 1.29 is 8.42 Å². The molecule has 23 heavy (non-hydrogen) atoms. The van der Waals surface area contributed by atoms with Crippen LogP contribution in [0.2, 0.25) is 0 Å². The van der Waals surface area contributed by atoms with Crippen LogP contribution in [0.3, 0.4) is 0 Å². The van der Waals surface area contributed by atoms with E-state index in [-0.39, 0.29) is 23.8 Å². The zero-order valence-corrected chi connectivity index (χ0v) is 15.0. The predicted octanol–water partition coefficient (Wildman–Crippen LogP) is 1.64. The smallest absolute Gasteiger partial charge is 0.246 e. The van der Waals surface area contributed by atoms with Crippen LogP contribution >= 0.6 is 12.4 Å². The fourth-order valence-electron chi connectivity index (χ4n) is 2.44. The van der Waals surface area contributed by atoms with Crippen LogP contribution in [0.15, 0.2) is 35.2 Å². The van der Waals surface area contributed by atoms with E-state index in [0.29, 0.717) is 30.9 Å². The molecule has 0 unspecified atom stereocenters. The van der Waals surface area contributed by atoms with Crippen LogP contribution in [0.1, 0.15) is 17.0 Å². The fourth-order valence-corrected chi connectivity index (χ4v) is 4.23. The minimum absolute atomic E-state index is 0. The van der Waals surface area contributed by atoms with Gasteiger partial charge >= 0.3 is 0 Å². The molecule has 0 atom stereocenters. The number of rotatable bonds is 7. The minimum Gasteiger partial charge on any atom is -0.329 e. The molecule has 0 amide bonds. The van der Waals surface area contributed by atoms with E-state index >= 15 is 0 Å². The van der Waals surface area contributed by atoms with Gasteiger partial charge in [-0.15, -0.1) is 12.4 Å². The van der Waals surface area contributed by atoms with Gasteiger partial charge in [0.2, 0.25) is 10.0 Å². The van der Waals surface area contributed by atoms with Crippen molar-refractivity contribution in [2.75, 3.05) is 19.6 Å². The molecule has 0 spiro atoms. The Morgan fingerprint density at radius 1 is 1.17 bits per heavy atom. The van der Waals surface area contributed by atoms with Crippen molar-refractivity contribution in [1.82, 2.24) is 14.5 Å². The molecule has 128 valence electrons. The number of halogens is 1. The van der Waals surface area contributed by atoms with Crippen molar-refractivity contribution in [2.24, 2.45) is 5.73 Å². The number of aromatic nitrogens is 2. The number of nitrogens with one attached hydrogen (secondary N) is 1. The normalized spacial score (nSPS) is 11.5. The lowest BCUT2D eigenvalue weighted by molar-refractivity contribution is 0.421. The molecule has 3 N–H and O–H groups in total. The first-order valence-corrected chi connectivity index (χ1v) is 8.66. The maximum absolute atomic E-state index is 12.9. The monoisotopic (exact) mass is 358 g/mol. The van der Waals surface area contributed by atoms with Crippen LogP contribution in [-0.2, 0) is 16.4 Å². The molecule has 1 aromatic heterocycles. The summed E-state index contributed by atoms with van der Waals surface area (Å²) >= 11 is 0. The number of sulfonamides is 1. The molecule has 2 aromatic rings. The molecule has 0 aliphatic heterocycles. The Balaban J connectivity index is 0.00000264. The second-order valence-electron chi connectivity index (χ2n) is 5.19. The molecule has 6 nitrogen and oxygen atoms in total. The quantitative estimate of drug-likeness (QED) is 0.787. The number of benzene rings is 1. The summed E-state index contributed by atoms with van der Waals surface area (Å²) in [4.78, 5) is 0.258. The van der Waals surface area contributed by atoms with Gasteiger partial charge in [0, 0.05) is 19.6 Å². The lowest BCUT2D eigenvalue weighted by atomic mass is 10.1. The lowest BCUT2D eigenvalue weighted by Crippen LogP contribution is -2.37. The average Bonchev–Trinajstić information content (AvgIpc) is 2.84. The molecule has 0 fully saturated rings. The second-order valence-corrected chi connectivity index (χ2v) is 7.07. The van der Waals surface area contributed by atoms with E-state index in [4.69, 9.17) is 5.73 Å². The summed E-state index contributed by atoms with van der Waals surface area (Å²) in [5, 5.41) is 6.71. The van der Waals surface area contributed by atoms with E-state index in [1.165, 1.54) is 4.31 Å². The maximum Gasteiger partial charge on any atom is 0.246 e. The Morgan fingerprint density at radius 2 is 1.83 bits per heavy atom. The average molecular weight is 359 g/mol. The molecule has 0 saturated heterocycles. The molecular weight excluding hydrogens is 336 g/mol. The predicted molar refractivity (Wildman–Crippen MR) is 93.3 cm³/mol. The van der Waals surface area contributed by atoms with Gasteiger partial charge in [-0.1, -0.05) is 30.3 Å². The highest BCUT2D eigenvalue weighted by Crippen LogP contribution is 2.21. The summed E-state index contributed by atoms with van der Waals surface area (Å²) < 4.78 is 27.1. The van der Waals surface area contributed by atoms with Gasteiger partial charge in [0.15, 0.2) is 0 Å². The third kappa shape index (κ3) is 4.54. The van der Waals surface area contributed by atoms with Gasteiger partial charge in [0.05, 0.1) is 11.4 Å². The Morgan fingerprint density at radius 3 is 2.35 bits per heavy atom. The molecule has 0 aliphatic rings. The summed E-state index contributed by atoms with van der Waals surface area (Å²) in [5.74, 6) is 0. The van der Waals surface area contributed by atoms with Gasteiger partial charge in [0.25, 0.3) is 0 Å². The van der Waals surface area contributed by atoms with E-state index < -0.39 is 10.0 Å². The zero-order chi connectivity index (χ0) is 16.2. The van der Waals surface area contributed by atoms with Crippen molar-refractivity contribution in [2.45, 2.75) is 25.2 Å². The number of nitrogens with zero attached hydrogens (tertiary/aromatic N) is 2. The van der Waals surface area contributed by atoms with Crippen LogP contribution in [0, 0.1) is 13.8 Å². The van der Waals surface area contributed by atoms with E-state index in [0.717, 1.165) is 5.56 Å². The molecule has 0 bridgehead atoms. The number of aryl methyl sites for hydroxylation is 2. The highest BCUT2D eigenvalue weighted by Gasteiger charge is 2.28. The molecule has 0 radical (unpaired) electrons. The zero-order valence-electron chi connectivity index (χ0n) is 13.3. The van der Waals surface area contributed by atoms with Gasteiger partial charge in [0.1, 0.15) is 4.90 Å². The first kappa shape index (κ1) is 19.6. The van der Waals surface area contributed by atoms with E-state index in [9.17, 15) is 8.42 Å². The minimum atomic E-state index is -3.59. The topological polar surface area (TPSA) is 92.1 Å². The van der Waals surface area contributed by atoms with Crippen LogP contribution in [0.5, 0.6) is 0 Å². The van der Waals surface area contributed by atoms with Gasteiger partial charge in [-0.25, -0.2) is 8.42 Å². The largest absolute Gasteiger partial charge is 0.329 e.